The molecule has 5 nitrogen and oxygen atoms in total. The van der Waals surface area contributed by atoms with Crippen molar-refractivity contribution >= 4 is 5.91 Å². The van der Waals surface area contributed by atoms with E-state index in [2.05, 4.69) is 0 Å². The molecule has 1 amide bonds. The Balaban J connectivity index is 2.35. The van der Waals surface area contributed by atoms with Crippen molar-refractivity contribution in [2.75, 3.05) is 21.3 Å². The summed E-state index contributed by atoms with van der Waals surface area (Å²) >= 11 is 0. The third-order valence-corrected chi connectivity index (χ3v) is 4.19. The fourth-order valence-electron chi connectivity index (χ4n) is 3.01. The van der Waals surface area contributed by atoms with Gasteiger partial charge in [-0.3, -0.25) is 9.69 Å². The highest BCUT2D eigenvalue weighted by molar-refractivity contribution is 5.86. The van der Waals surface area contributed by atoms with Crippen molar-refractivity contribution in [2.24, 2.45) is 5.92 Å². The number of hydrogen-bond acceptors (Lipinski definition) is 4. The Labute approximate surface area is 131 Å². The summed E-state index contributed by atoms with van der Waals surface area (Å²) in [5.41, 5.74) is 1.81. The highest BCUT2D eigenvalue weighted by atomic mass is 16.7. The van der Waals surface area contributed by atoms with Crippen molar-refractivity contribution in [3.63, 3.8) is 0 Å². The van der Waals surface area contributed by atoms with Crippen molar-refractivity contribution < 1.29 is 19.0 Å². The van der Waals surface area contributed by atoms with Crippen molar-refractivity contribution in [1.82, 2.24) is 4.90 Å². The van der Waals surface area contributed by atoms with Gasteiger partial charge < -0.3 is 14.2 Å². The van der Waals surface area contributed by atoms with Crippen LogP contribution in [0.1, 0.15) is 19.4 Å². The maximum atomic E-state index is 12.6. The van der Waals surface area contributed by atoms with Crippen LogP contribution in [0.15, 0.2) is 35.9 Å². The highest BCUT2D eigenvalue weighted by Crippen LogP contribution is 2.41. The molecule has 1 aliphatic rings. The average molecular weight is 305 g/mol. The lowest BCUT2D eigenvalue weighted by Gasteiger charge is -2.36. The van der Waals surface area contributed by atoms with Crippen molar-refractivity contribution in [1.29, 1.82) is 0 Å². The topological polar surface area (TPSA) is 48.0 Å². The molecule has 22 heavy (non-hydrogen) atoms. The molecule has 120 valence electrons. The predicted octanol–water partition coefficient (Wildman–Crippen LogP) is 2.57. The highest BCUT2D eigenvalue weighted by Gasteiger charge is 2.54. The molecule has 5 heteroatoms. The maximum Gasteiger partial charge on any atom is 0.278 e. The standard InChI is InChI=1S/C17H23NO4/c1-6-15-12(2)16(19)18(17(15,21-4)22-5)11-13-7-9-14(20-3)10-8-13/h6-10,12H,11H2,1-5H3/b15-6+. The van der Waals surface area contributed by atoms with Crippen LogP contribution in [0.4, 0.5) is 0 Å². The van der Waals surface area contributed by atoms with Gasteiger partial charge in [-0.25, -0.2) is 0 Å². The summed E-state index contributed by atoms with van der Waals surface area (Å²) in [5, 5.41) is 0. The van der Waals surface area contributed by atoms with Gasteiger partial charge >= 0.3 is 0 Å². The van der Waals surface area contributed by atoms with E-state index in [1.807, 2.05) is 44.2 Å². The number of hydrogen-bond donors (Lipinski definition) is 0. The second-order valence-corrected chi connectivity index (χ2v) is 5.23. The molecule has 1 atom stereocenters. The summed E-state index contributed by atoms with van der Waals surface area (Å²) in [4.78, 5) is 14.3. The molecule has 2 rings (SSSR count). The predicted molar refractivity (Wildman–Crippen MR) is 83.2 cm³/mol. The molecule has 0 spiro atoms. The second-order valence-electron chi connectivity index (χ2n) is 5.23. The molecule has 0 bridgehead atoms. The van der Waals surface area contributed by atoms with Crippen LogP contribution in [0, 0.1) is 5.92 Å². The molecule has 0 aliphatic carbocycles. The third kappa shape index (κ3) is 2.51. The number of nitrogens with zero attached hydrogens (tertiary/aromatic N) is 1. The Morgan fingerprint density at radius 3 is 2.23 bits per heavy atom. The number of ether oxygens (including phenoxy) is 3. The van der Waals surface area contributed by atoms with Crippen LogP contribution in [0.2, 0.25) is 0 Å². The fourth-order valence-corrected chi connectivity index (χ4v) is 3.01. The normalized spacial score (nSPS) is 22.4. The smallest absolute Gasteiger partial charge is 0.278 e. The molecule has 0 N–H and O–H groups in total. The number of methoxy groups -OCH3 is 3. The zero-order valence-corrected chi connectivity index (χ0v) is 13.8. The first kappa shape index (κ1) is 16.5. The van der Waals surface area contributed by atoms with Gasteiger partial charge in [-0.1, -0.05) is 18.2 Å². The molecule has 1 aromatic carbocycles. The van der Waals surface area contributed by atoms with E-state index in [-0.39, 0.29) is 11.8 Å². The molecular weight excluding hydrogens is 282 g/mol. The molecular formula is C17H23NO4. The fraction of sp³-hybridized carbons (Fsp3) is 0.471. The average Bonchev–Trinajstić information content (AvgIpc) is 2.76. The quantitative estimate of drug-likeness (QED) is 0.619. The Morgan fingerprint density at radius 1 is 1.18 bits per heavy atom. The van der Waals surface area contributed by atoms with Gasteiger partial charge in [-0.15, -0.1) is 0 Å². The Hall–Kier alpha value is -1.85. The molecule has 1 aromatic rings. The summed E-state index contributed by atoms with van der Waals surface area (Å²) in [6.45, 7) is 4.17. The van der Waals surface area contributed by atoms with Crippen LogP contribution in [-0.2, 0) is 20.8 Å². The Kier molecular flexibility index (Phi) is 4.88. The van der Waals surface area contributed by atoms with Crippen LogP contribution in [0.25, 0.3) is 0 Å². The minimum absolute atomic E-state index is 0.00684. The van der Waals surface area contributed by atoms with Crippen molar-refractivity contribution in [3.8, 4) is 5.75 Å². The lowest BCUT2D eigenvalue weighted by Crippen LogP contribution is -2.49. The number of amides is 1. The molecule has 1 aliphatic heterocycles. The number of rotatable bonds is 5. The number of benzene rings is 1. The van der Waals surface area contributed by atoms with Crippen molar-refractivity contribution in [3.05, 3.63) is 41.5 Å². The molecule has 0 radical (unpaired) electrons. The van der Waals surface area contributed by atoms with Crippen LogP contribution >= 0.6 is 0 Å². The largest absolute Gasteiger partial charge is 0.497 e. The Morgan fingerprint density at radius 2 is 1.77 bits per heavy atom. The van der Waals surface area contributed by atoms with Gasteiger partial charge in [0.2, 0.25) is 5.91 Å². The number of likely N-dealkylation sites (tertiary alicyclic amines) is 1. The van der Waals surface area contributed by atoms with E-state index in [1.54, 1.807) is 26.2 Å². The summed E-state index contributed by atoms with van der Waals surface area (Å²) in [6.07, 6.45) is 1.89. The minimum Gasteiger partial charge on any atom is -0.497 e. The number of carbonyl (C=O) groups excluding carboxylic acids is 1. The van der Waals surface area contributed by atoms with Gasteiger partial charge in [-0.05, 0) is 31.5 Å². The molecule has 0 aromatic heterocycles. The summed E-state index contributed by atoms with van der Waals surface area (Å²) in [5.74, 6) is -0.620. The summed E-state index contributed by atoms with van der Waals surface area (Å²) in [6, 6.07) is 7.61. The zero-order valence-electron chi connectivity index (χ0n) is 13.8. The maximum absolute atomic E-state index is 12.6. The van der Waals surface area contributed by atoms with E-state index in [4.69, 9.17) is 14.2 Å². The van der Waals surface area contributed by atoms with Crippen LogP contribution in [-0.4, -0.2) is 38.0 Å². The number of allylic oxidation sites excluding steroid dienone is 1. The first-order valence-corrected chi connectivity index (χ1v) is 7.25. The first-order chi connectivity index (χ1) is 10.5. The Bertz CT molecular complexity index is 561. The molecule has 1 heterocycles. The molecule has 0 saturated carbocycles. The number of carbonyl (C=O) groups is 1. The second kappa shape index (κ2) is 6.50. The van der Waals surface area contributed by atoms with E-state index >= 15 is 0 Å². The third-order valence-electron chi connectivity index (χ3n) is 4.19. The van der Waals surface area contributed by atoms with Gasteiger partial charge in [0.15, 0.2) is 0 Å². The van der Waals surface area contributed by atoms with Crippen LogP contribution in [0.3, 0.4) is 0 Å². The monoisotopic (exact) mass is 305 g/mol. The van der Waals surface area contributed by atoms with Crippen LogP contribution in [0.5, 0.6) is 5.75 Å². The van der Waals surface area contributed by atoms with Gasteiger partial charge in [-0.2, -0.15) is 0 Å². The lowest BCUT2D eigenvalue weighted by atomic mass is 10.0. The zero-order chi connectivity index (χ0) is 16.3. The van der Waals surface area contributed by atoms with Gasteiger partial charge in [0.25, 0.3) is 5.91 Å². The summed E-state index contributed by atoms with van der Waals surface area (Å²) < 4.78 is 16.4. The van der Waals surface area contributed by atoms with Gasteiger partial charge in [0.1, 0.15) is 5.75 Å². The molecule has 1 fully saturated rings. The van der Waals surface area contributed by atoms with Crippen molar-refractivity contribution in [2.45, 2.75) is 26.3 Å². The van der Waals surface area contributed by atoms with E-state index in [1.165, 1.54) is 0 Å². The van der Waals surface area contributed by atoms with Crippen LogP contribution < -0.4 is 4.74 Å². The van der Waals surface area contributed by atoms with E-state index < -0.39 is 5.91 Å². The SMILES string of the molecule is C/C=C1\C(C)C(=O)N(Cc2ccc(OC)cc2)C1(OC)OC. The van der Waals surface area contributed by atoms with Gasteiger partial charge in [0, 0.05) is 19.8 Å². The van der Waals surface area contributed by atoms with E-state index in [9.17, 15) is 4.79 Å². The first-order valence-electron chi connectivity index (χ1n) is 7.25. The van der Waals surface area contributed by atoms with E-state index in [0.29, 0.717) is 6.54 Å². The molecule has 1 saturated heterocycles. The van der Waals surface area contributed by atoms with E-state index in [0.717, 1.165) is 16.9 Å². The van der Waals surface area contributed by atoms with Gasteiger partial charge in [0.05, 0.1) is 19.6 Å². The summed E-state index contributed by atoms with van der Waals surface area (Å²) in [7, 11) is 4.73. The minimum atomic E-state index is -1.13. The molecule has 1 unspecified atom stereocenters. The lowest BCUT2D eigenvalue weighted by molar-refractivity contribution is -0.254.